The van der Waals surface area contributed by atoms with Gasteiger partial charge in [-0.3, -0.25) is 0 Å². The first-order valence-corrected chi connectivity index (χ1v) is 8.47. The molecule has 0 aromatic heterocycles. The summed E-state index contributed by atoms with van der Waals surface area (Å²) < 4.78 is 0. The first-order valence-electron chi connectivity index (χ1n) is 8.47. The van der Waals surface area contributed by atoms with Crippen molar-refractivity contribution in [2.75, 3.05) is 0 Å². The Morgan fingerprint density at radius 3 is 2.80 bits per heavy atom. The third-order valence-electron chi connectivity index (χ3n) is 5.51. The molecule has 0 radical (unpaired) electrons. The molecule has 20 heavy (non-hydrogen) atoms. The molecule has 112 valence electrons. The number of fused-ring (bicyclic) bond motifs is 1. The zero-order valence-corrected chi connectivity index (χ0v) is 13.9. The lowest BCUT2D eigenvalue weighted by Crippen LogP contribution is -2.34. The molecule has 1 saturated carbocycles. The van der Waals surface area contributed by atoms with Crippen molar-refractivity contribution in [2.45, 2.75) is 66.2 Å². The lowest BCUT2D eigenvalue weighted by atomic mass is 9.61. The third kappa shape index (κ3) is 3.65. The van der Waals surface area contributed by atoms with E-state index in [2.05, 4.69) is 46.4 Å². The molecule has 0 spiro atoms. The highest BCUT2D eigenvalue weighted by Crippen LogP contribution is 2.48. The molecule has 0 N–H and O–H groups in total. The van der Waals surface area contributed by atoms with E-state index in [1.54, 1.807) is 5.57 Å². The summed E-state index contributed by atoms with van der Waals surface area (Å²) in [7, 11) is 0. The molecule has 1 fully saturated rings. The molecule has 0 nitrogen and oxygen atoms in total. The fourth-order valence-electron chi connectivity index (χ4n) is 4.24. The predicted octanol–water partition coefficient (Wildman–Crippen LogP) is 6.31. The van der Waals surface area contributed by atoms with Crippen LogP contribution in [0, 0.1) is 23.7 Å². The predicted molar refractivity (Wildman–Crippen MR) is 89.7 cm³/mol. The summed E-state index contributed by atoms with van der Waals surface area (Å²) in [6.45, 7) is 13.6. The normalized spacial score (nSPS) is 31.3. The van der Waals surface area contributed by atoms with E-state index >= 15 is 0 Å². The Morgan fingerprint density at radius 2 is 2.10 bits per heavy atom. The zero-order valence-electron chi connectivity index (χ0n) is 13.9. The average Bonchev–Trinajstić information content (AvgIpc) is 2.38. The fraction of sp³-hybridized carbons (Fsp3) is 0.700. The second-order valence-electron chi connectivity index (χ2n) is 7.43. The van der Waals surface area contributed by atoms with Gasteiger partial charge in [0.05, 0.1) is 0 Å². The topological polar surface area (TPSA) is 0 Å². The molecule has 0 bridgehead atoms. The molecule has 0 aliphatic heterocycles. The molecule has 0 amide bonds. The minimum Gasteiger partial charge on any atom is -0.0996 e. The van der Waals surface area contributed by atoms with Gasteiger partial charge in [0.25, 0.3) is 0 Å². The van der Waals surface area contributed by atoms with Gasteiger partial charge in [0.2, 0.25) is 0 Å². The van der Waals surface area contributed by atoms with Crippen molar-refractivity contribution < 1.29 is 0 Å². The van der Waals surface area contributed by atoms with Gasteiger partial charge < -0.3 is 0 Å². The monoisotopic (exact) mass is 272 g/mol. The minimum atomic E-state index is 0.781. The van der Waals surface area contributed by atoms with E-state index in [-0.39, 0.29) is 0 Å². The molecule has 2 aliphatic carbocycles. The first kappa shape index (κ1) is 15.6. The zero-order chi connectivity index (χ0) is 14.7. The quantitative estimate of drug-likeness (QED) is 0.526. The maximum Gasteiger partial charge on any atom is -0.0134 e. The fourth-order valence-corrected chi connectivity index (χ4v) is 4.24. The van der Waals surface area contributed by atoms with Crippen LogP contribution < -0.4 is 0 Å². The van der Waals surface area contributed by atoms with Crippen molar-refractivity contribution in [3.63, 3.8) is 0 Å². The summed E-state index contributed by atoms with van der Waals surface area (Å²) in [5.74, 6) is 3.29. The van der Waals surface area contributed by atoms with Crippen molar-refractivity contribution >= 4 is 0 Å². The van der Waals surface area contributed by atoms with Gasteiger partial charge in [-0.2, -0.15) is 0 Å². The smallest absolute Gasteiger partial charge is 0.0134 e. The van der Waals surface area contributed by atoms with Crippen molar-refractivity contribution in [3.8, 4) is 0 Å². The van der Waals surface area contributed by atoms with Gasteiger partial charge in [-0.25, -0.2) is 0 Å². The van der Waals surface area contributed by atoms with Crippen LogP contribution in [0.4, 0.5) is 0 Å². The molecule has 4 atom stereocenters. The van der Waals surface area contributed by atoms with Crippen molar-refractivity contribution in [3.05, 3.63) is 35.5 Å². The second-order valence-corrected chi connectivity index (χ2v) is 7.43. The first-order chi connectivity index (χ1) is 9.49. The lowest BCUT2D eigenvalue weighted by molar-refractivity contribution is 0.164. The van der Waals surface area contributed by atoms with Crippen LogP contribution in [0.25, 0.3) is 0 Å². The van der Waals surface area contributed by atoms with E-state index in [0.717, 1.165) is 23.7 Å². The Kier molecular flexibility index (Phi) is 5.29. The highest BCUT2D eigenvalue weighted by molar-refractivity contribution is 5.19. The van der Waals surface area contributed by atoms with Crippen LogP contribution >= 0.6 is 0 Å². The summed E-state index contributed by atoms with van der Waals surface area (Å²) in [6.07, 6.45) is 12.9. The van der Waals surface area contributed by atoms with Crippen molar-refractivity contribution in [1.82, 2.24) is 0 Å². The molecule has 2 aliphatic rings. The molecule has 0 aromatic carbocycles. The summed E-state index contributed by atoms with van der Waals surface area (Å²) in [5, 5.41) is 0. The molecule has 0 aromatic rings. The van der Waals surface area contributed by atoms with Crippen LogP contribution in [0.15, 0.2) is 35.5 Å². The summed E-state index contributed by atoms with van der Waals surface area (Å²) in [6, 6.07) is 0. The summed E-state index contributed by atoms with van der Waals surface area (Å²) >= 11 is 0. The third-order valence-corrected chi connectivity index (χ3v) is 5.51. The van der Waals surface area contributed by atoms with E-state index in [4.69, 9.17) is 0 Å². The van der Waals surface area contributed by atoms with E-state index in [0.29, 0.717) is 0 Å². The molecular weight excluding hydrogens is 240 g/mol. The Balaban J connectivity index is 2.04. The molecule has 0 saturated heterocycles. The average molecular weight is 272 g/mol. The highest BCUT2D eigenvalue weighted by atomic mass is 14.4. The Bertz CT molecular complexity index is 406. The van der Waals surface area contributed by atoms with Gasteiger partial charge in [-0.05, 0) is 83.0 Å². The molecule has 4 unspecified atom stereocenters. The number of rotatable bonds is 4. The van der Waals surface area contributed by atoms with E-state index < -0.39 is 0 Å². The largest absolute Gasteiger partial charge is 0.0996 e. The second kappa shape index (κ2) is 6.78. The van der Waals surface area contributed by atoms with Crippen LogP contribution in [0.5, 0.6) is 0 Å². The van der Waals surface area contributed by atoms with Crippen LogP contribution in [-0.4, -0.2) is 0 Å². The van der Waals surface area contributed by atoms with Crippen LogP contribution in [-0.2, 0) is 0 Å². The van der Waals surface area contributed by atoms with E-state index in [1.165, 1.54) is 49.7 Å². The number of allylic oxidation sites excluding steroid dienone is 5. The summed E-state index contributed by atoms with van der Waals surface area (Å²) in [4.78, 5) is 0. The maximum absolute atomic E-state index is 4.36. The number of hydrogen-bond acceptors (Lipinski definition) is 0. The van der Waals surface area contributed by atoms with Crippen molar-refractivity contribution in [1.29, 1.82) is 0 Å². The van der Waals surface area contributed by atoms with Crippen molar-refractivity contribution in [2.24, 2.45) is 23.7 Å². The van der Waals surface area contributed by atoms with Gasteiger partial charge in [0, 0.05) is 0 Å². The maximum atomic E-state index is 4.36. The highest BCUT2D eigenvalue weighted by Gasteiger charge is 2.37. The van der Waals surface area contributed by atoms with E-state index in [9.17, 15) is 0 Å². The van der Waals surface area contributed by atoms with Gasteiger partial charge in [-0.15, -0.1) is 0 Å². The molecule has 2 rings (SSSR count). The Labute approximate surface area is 126 Å². The lowest BCUT2D eigenvalue weighted by Gasteiger charge is -2.43. The molecule has 0 heterocycles. The number of hydrogen-bond donors (Lipinski definition) is 0. The summed E-state index contributed by atoms with van der Waals surface area (Å²) in [5.41, 5.74) is 4.61. The van der Waals surface area contributed by atoms with Crippen LogP contribution in [0.2, 0.25) is 0 Å². The van der Waals surface area contributed by atoms with Crippen LogP contribution in [0.3, 0.4) is 0 Å². The van der Waals surface area contributed by atoms with Gasteiger partial charge >= 0.3 is 0 Å². The Hall–Kier alpha value is -0.780. The van der Waals surface area contributed by atoms with Gasteiger partial charge in [0.15, 0.2) is 0 Å². The molecule has 0 heteroatoms. The standard InChI is InChI=1S/C20H32/c1-14(2)7-6-8-16(4)19-12-10-17(5)18-11-9-15(3)13-20(18)19/h7,13,16,18-20H,5-6,8-12H2,1-4H3. The van der Waals surface area contributed by atoms with Gasteiger partial charge in [-0.1, -0.05) is 42.4 Å². The van der Waals surface area contributed by atoms with Gasteiger partial charge in [0.1, 0.15) is 0 Å². The van der Waals surface area contributed by atoms with Crippen LogP contribution in [0.1, 0.15) is 66.2 Å². The minimum absolute atomic E-state index is 0.781. The Morgan fingerprint density at radius 1 is 1.35 bits per heavy atom. The van der Waals surface area contributed by atoms with E-state index in [1.807, 2.05) is 0 Å². The SMILES string of the molecule is C=C1CCC(C(C)CCC=C(C)C)C2C=C(C)CCC12. The molecular formula is C20H32.